The molecule has 3 aromatic heterocycles. The zero-order valence-corrected chi connectivity index (χ0v) is 24.3. The van der Waals surface area contributed by atoms with Crippen LogP contribution < -0.4 is 4.74 Å². The van der Waals surface area contributed by atoms with E-state index in [0.29, 0.717) is 10.0 Å². The summed E-state index contributed by atoms with van der Waals surface area (Å²) in [5.74, 6) is 0.726. The number of nitrogens with zero attached hydrogens (tertiary/aromatic N) is 6. The first-order chi connectivity index (χ1) is 21.1. The first-order valence-corrected chi connectivity index (χ1v) is 14.4. The third kappa shape index (κ3) is 5.73. The second-order valence-electron chi connectivity index (χ2n) is 10.1. The second kappa shape index (κ2) is 11.7. The average Bonchev–Trinajstić information content (AvgIpc) is 3.70. The SMILES string of the molecule is Clc1cccc(C(c2cccc(/C=C/c3ccc4ccc(Cl)cc4n3)c2)n2ccc3cccc(OCn4cnnn4)c32)c1. The highest BCUT2D eigenvalue weighted by atomic mass is 35.5. The van der Waals surface area contributed by atoms with Gasteiger partial charge in [0, 0.05) is 27.0 Å². The lowest BCUT2D eigenvalue weighted by Crippen LogP contribution is -2.13. The summed E-state index contributed by atoms with van der Waals surface area (Å²) < 4.78 is 9.97. The topological polar surface area (TPSA) is 70.7 Å². The number of benzene rings is 4. The summed E-state index contributed by atoms with van der Waals surface area (Å²) in [6.07, 6.45) is 7.71. The van der Waals surface area contributed by atoms with Crippen molar-refractivity contribution in [2.45, 2.75) is 12.8 Å². The summed E-state index contributed by atoms with van der Waals surface area (Å²) in [5.41, 5.74) is 5.86. The lowest BCUT2D eigenvalue weighted by Gasteiger charge is -2.23. The lowest BCUT2D eigenvalue weighted by molar-refractivity contribution is 0.220. The highest BCUT2D eigenvalue weighted by Crippen LogP contribution is 2.36. The van der Waals surface area contributed by atoms with Crippen LogP contribution in [0.1, 0.15) is 28.4 Å². The van der Waals surface area contributed by atoms with Gasteiger partial charge in [0.15, 0.2) is 6.73 Å². The molecule has 1 unspecified atom stereocenters. The normalized spacial score (nSPS) is 12.3. The van der Waals surface area contributed by atoms with E-state index >= 15 is 0 Å². The van der Waals surface area contributed by atoms with Gasteiger partial charge in [-0.2, -0.15) is 4.68 Å². The number of hydrogen-bond donors (Lipinski definition) is 0. The van der Waals surface area contributed by atoms with Crippen molar-refractivity contribution in [3.63, 3.8) is 0 Å². The molecule has 9 heteroatoms. The van der Waals surface area contributed by atoms with Gasteiger partial charge in [-0.1, -0.05) is 83.9 Å². The van der Waals surface area contributed by atoms with E-state index in [2.05, 4.69) is 80.9 Å². The number of hydrogen-bond acceptors (Lipinski definition) is 5. The van der Waals surface area contributed by atoms with E-state index in [4.69, 9.17) is 32.9 Å². The minimum absolute atomic E-state index is 0.178. The molecule has 0 aliphatic carbocycles. The van der Waals surface area contributed by atoms with Gasteiger partial charge in [-0.25, -0.2) is 4.98 Å². The number of aromatic nitrogens is 6. The molecule has 4 aromatic carbocycles. The Bertz CT molecular complexity index is 2090. The fraction of sp³-hybridized carbons (Fsp3) is 0.0588. The monoisotopic (exact) mass is 602 g/mol. The maximum Gasteiger partial charge on any atom is 0.184 e. The fourth-order valence-corrected chi connectivity index (χ4v) is 5.66. The van der Waals surface area contributed by atoms with Crippen molar-refractivity contribution in [1.29, 1.82) is 0 Å². The summed E-state index contributed by atoms with van der Waals surface area (Å²) >= 11 is 12.7. The van der Waals surface area contributed by atoms with Gasteiger partial charge in [0.05, 0.1) is 22.8 Å². The van der Waals surface area contributed by atoms with E-state index in [1.807, 2.05) is 60.7 Å². The van der Waals surface area contributed by atoms with Gasteiger partial charge >= 0.3 is 0 Å². The molecule has 0 bridgehead atoms. The summed E-state index contributed by atoms with van der Waals surface area (Å²) in [4.78, 5) is 4.77. The van der Waals surface area contributed by atoms with Crippen LogP contribution in [0.5, 0.6) is 5.75 Å². The van der Waals surface area contributed by atoms with Crippen molar-refractivity contribution in [3.05, 3.63) is 148 Å². The highest BCUT2D eigenvalue weighted by molar-refractivity contribution is 6.31. The maximum atomic E-state index is 6.51. The van der Waals surface area contributed by atoms with Crippen LogP contribution in [0.4, 0.5) is 0 Å². The molecule has 0 N–H and O–H groups in total. The molecule has 0 saturated heterocycles. The lowest BCUT2D eigenvalue weighted by atomic mass is 9.96. The van der Waals surface area contributed by atoms with Crippen molar-refractivity contribution >= 4 is 57.2 Å². The van der Waals surface area contributed by atoms with Gasteiger partial charge in [-0.05, 0) is 81.7 Å². The van der Waals surface area contributed by atoms with E-state index in [0.717, 1.165) is 49.9 Å². The van der Waals surface area contributed by atoms with Crippen molar-refractivity contribution in [2.24, 2.45) is 0 Å². The van der Waals surface area contributed by atoms with Crippen molar-refractivity contribution in [3.8, 4) is 5.75 Å². The van der Waals surface area contributed by atoms with E-state index in [9.17, 15) is 0 Å². The Morgan fingerprint density at radius 2 is 1.58 bits per heavy atom. The molecule has 0 fully saturated rings. The van der Waals surface area contributed by atoms with E-state index in [1.54, 1.807) is 0 Å². The number of para-hydroxylation sites is 1. The Morgan fingerprint density at radius 1 is 0.767 bits per heavy atom. The molecular formula is C34H24Cl2N6O. The summed E-state index contributed by atoms with van der Waals surface area (Å²) in [5, 5.41) is 14.8. The Kier molecular flexibility index (Phi) is 7.33. The predicted molar refractivity (Wildman–Crippen MR) is 171 cm³/mol. The van der Waals surface area contributed by atoms with E-state index < -0.39 is 0 Å². The van der Waals surface area contributed by atoms with Gasteiger partial charge in [0.2, 0.25) is 0 Å². The average molecular weight is 604 g/mol. The van der Waals surface area contributed by atoms with Crippen LogP contribution in [0, 0.1) is 0 Å². The standard InChI is InChI=1S/C34H24Cl2N6O/c35-28-8-2-7-27(19-28)33(42-17-16-25-5-3-9-32(34(25)42)43-22-41-21-37-39-40-41)26-6-1-4-23(18-26)10-14-30-15-12-24-11-13-29(36)20-31(24)38-30/h1-21,33H,22H2/b14-10+. The predicted octanol–water partition coefficient (Wildman–Crippen LogP) is 8.33. The Morgan fingerprint density at radius 3 is 2.44 bits per heavy atom. The van der Waals surface area contributed by atoms with Gasteiger partial charge in [0.1, 0.15) is 12.1 Å². The number of fused-ring (bicyclic) bond motifs is 2. The number of tetrazole rings is 1. The third-order valence-electron chi connectivity index (χ3n) is 7.24. The van der Waals surface area contributed by atoms with E-state index in [-0.39, 0.29) is 12.8 Å². The molecule has 3 heterocycles. The van der Waals surface area contributed by atoms with Crippen molar-refractivity contribution in [2.75, 3.05) is 0 Å². The number of halogens is 2. The highest BCUT2D eigenvalue weighted by Gasteiger charge is 2.21. The molecule has 0 aliphatic rings. The molecule has 0 spiro atoms. The first kappa shape index (κ1) is 26.9. The Balaban J connectivity index is 1.29. The Labute approximate surface area is 257 Å². The molecule has 210 valence electrons. The van der Waals surface area contributed by atoms with Crippen LogP contribution in [0.3, 0.4) is 0 Å². The largest absolute Gasteiger partial charge is 0.469 e. The molecule has 0 saturated carbocycles. The molecule has 7 rings (SSSR count). The number of rotatable bonds is 8. The second-order valence-corrected chi connectivity index (χ2v) is 10.9. The zero-order chi connectivity index (χ0) is 29.2. The van der Waals surface area contributed by atoms with Gasteiger partial charge in [0.25, 0.3) is 0 Å². The summed E-state index contributed by atoms with van der Waals surface area (Å²) in [7, 11) is 0. The maximum absolute atomic E-state index is 6.51. The molecule has 1 atom stereocenters. The van der Waals surface area contributed by atoms with Crippen LogP contribution in [0.2, 0.25) is 10.0 Å². The van der Waals surface area contributed by atoms with Crippen LogP contribution >= 0.6 is 23.2 Å². The molecule has 7 aromatic rings. The van der Waals surface area contributed by atoms with Crippen LogP contribution in [0.15, 0.2) is 116 Å². The zero-order valence-electron chi connectivity index (χ0n) is 22.8. The summed E-state index contributed by atoms with van der Waals surface area (Å²) in [6.45, 7) is 0.189. The molecular weight excluding hydrogens is 579 g/mol. The van der Waals surface area contributed by atoms with Crippen LogP contribution in [-0.4, -0.2) is 29.8 Å². The van der Waals surface area contributed by atoms with Crippen LogP contribution in [-0.2, 0) is 6.73 Å². The molecule has 43 heavy (non-hydrogen) atoms. The minimum atomic E-state index is -0.178. The minimum Gasteiger partial charge on any atom is -0.469 e. The van der Waals surface area contributed by atoms with Crippen molar-refractivity contribution in [1.82, 2.24) is 29.8 Å². The van der Waals surface area contributed by atoms with Crippen LogP contribution in [0.25, 0.3) is 34.0 Å². The van der Waals surface area contributed by atoms with Gasteiger partial charge in [-0.15, -0.1) is 5.10 Å². The van der Waals surface area contributed by atoms with Gasteiger partial charge < -0.3 is 9.30 Å². The molecule has 7 nitrogen and oxygen atoms in total. The molecule has 0 radical (unpaired) electrons. The van der Waals surface area contributed by atoms with Gasteiger partial charge in [-0.3, -0.25) is 0 Å². The third-order valence-corrected chi connectivity index (χ3v) is 7.71. The number of ether oxygens (including phenoxy) is 1. The first-order valence-electron chi connectivity index (χ1n) is 13.6. The summed E-state index contributed by atoms with van der Waals surface area (Å²) in [6, 6.07) is 34.2. The smallest absolute Gasteiger partial charge is 0.184 e. The van der Waals surface area contributed by atoms with E-state index in [1.165, 1.54) is 11.0 Å². The molecule has 0 amide bonds. The van der Waals surface area contributed by atoms with Crippen molar-refractivity contribution < 1.29 is 4.74 Å². The Hall–Kier alpha value is -4.98. The quantitative estimate of drug-likeness (QED) is 0.175. The number of pyridine rings is 1. The fourth-order valence-electron chi connectivity index (χ4n) is 5.30. The molecule has 0 aliphatic heterocycles.